The lowest BCUT2D eigenvalue weighted by atomic mass is 10.3. The van der Waals surface area contributed by atoms with Gasteiger partial charge in [-0.1, -0.05) is 50.2 Å². The predicted molar refractivity (Wildman–Crippen MR) is 93.6 cm³/mol. The molecule has 124 valence electrons. The maximum Gasteiger partial charge on any atom is 0.227 e. The van der Waals surface area contributed by atoms with Crippen LogP contribution in [0.2, 0.25) is 0 Å². The maximum atomic E-state index is 12.0. The molecule has 0 fully saturated rings. The van der Waals surface area contributed by atoms with Crippen LogP contribution in [0.15, 0.2) is 82.2 Å². The summed E-state index contributed by atoms with van der Waals surface area (Å²) < 4.78 is 16.4. The summed E-state index contributed by atoms with van der Waals surface area (Å²) in [5.41, 5.74) is -0.248. The maximum absolute atomic E-state index is 12.0. The lowest BCUT2D eigenvalue weighted by Gasteiger charge is -2.07. The van der Waals surface area contributed by atoms with Crippen molar-refractivity contribution in [1.82, 2.24) is 0 Å². The Bertz CT molecular complexity index is 779. The normalized spacial score (nSPS) is 9.58. The first-order valence-electron chi connectivity index (χ1n) is 7.84. The second kappa shape index (κ2) is 9.20. The van der Waals surface area contributed by atoms with Crippen LogP contribution in [0.3, 0.4) is 0 Å². The summed E-state index contributed by atoms with van der Waals surface area (Å²) in [6.07, 6.45) is 1.30. The Morgan fingerprint density at radius 1 is 0.875 bits per heavy atom. The van der Waals surface area contributed by atoms with Gasteiger partial charge in [-0.15, -0.1) is 0 Å². The molecule has 0 N–H and O–H groups in total. The van der Waals surface area contributed by atoms with Crippen molar-refractivity contribution in [2.24, 2.45) is 0 Å². The van der Waals surface area contributed by atoms with Crippen LogP contribution in [0.25, 0.3) is 0 Å². The van der Waals surface area contributed by atoms with Gasteiger partial charge < -0.3 is 13.9 Å². The van der Waals surface area contributed by atoms with Crippen LogP contribution < -0.4 is 14.9 Å². The Morgan fingerprint density at radius 3 is 2.04 bits per heavy atom. The van der Waals surface area contributed by atoms with Gasteiger partial charge in [-0.3, -0.25) is 4.79 Å². The van der Waals surface area contributed by atoms with Gasteiger partial charge in [0.1, 0.15) is 30.1 Å². The van der Waals surface area contributed by atoms with Crippen LogP contribution >= 0.6 is 0 Å². The fourth-order valence-electron chi connectivity index (χ4n) is 1.88. The van der Waals surface area contributed by atoms with Crippen molar-refractivity contribution in [3.63, 3.8) is 0 Å². The van der Waals surface area contributed by atoms with E-state index in [2.05, 4.69) is 0 Å². The summed E-state index contributed by atoms with van der Waals surface area (Å²) in [6, 6.07) is 19.8. The Morgan fingerprint density at radius 2 is 1.46 bits per heavy atom. The predicted octanol–water partition coefficient (Wildman–Crippen LogP) is 5.04. The van der Waals surface area contributed by atoms with Gasteiger partial charge in [0.05, 0.1) is 0 Å². The molecule has 0 saturated heterocycles. The van der Waals surface area contributed by atoms with Gasteiger partial charge in [-0.05, 0) is 24.3 Å². The Labute approximate surface area is 141 Å². The molecule has 1 heterocycles. The van der Waals surface area contributed by atoms with E-state index in [1.165, 1.54) is 12.3 Å². The van der Waals surface area contributed by atoms with E-state index in [1.54, 1.807) is 12.1 Å². The standard InChI is InChI=1S/C18H14O4.C2H6/c19-17-11-16(12-20-14-7-3-1-4-8-14)21-13-18(17)22-15-9-5-2-6-10-15;1-2/h1-11,13H,12H2;1-2H3. The van der Waals surface area contributed by atoms with Crippen molar-refractivity contribution in [2.45, 2.75) is 20.5 Å². The zero-order valence-electron chi connectivity index (χ0n) is 13.8. The molecule has 4 heteroatoms. The van der Waals surface area contributed by atoms with E-state index in [-0.39, 0.29) is 17.8 Å². The van der Waals surface area contributed by atoms with E-state index >= 15 is 0 Å². The first-order chi connectivity index (χ1) is 11.8. The number of benzene rings is 2. The zero-order valence-corrected chi connectivity index (χ0v) is 13.8. The molecule has 0 atom stereocenters. The molecule has 4 nitrogen and oxygen atoms in total. The van der Waals surface area contributed by atoms with Crippen molar-refractivity contribution in [2.75, 3.05) is 0 Å². The highest BCUT2D eigenvalue weighted by Gasteiger charge is 2.06. The lowest BCUT2D eigenvalue weighted by Crippen LogP contribution is -2.06. The molecule has 1 aromatic heterocycles. The quantitative estimate of drug-likeness (QED) is 0.660. The fourth-order valence-corrected chi connectivity index (χ4v) is 1.88. The van der Waals surface area contributed by atoms with E-state index in [9.17, 15) is 4.79 Å². The number of para-hydroxylation sites is 2. The van der Waals surface area contributed by atoms with Gasteiger partial charge in [0.25, 0.3) is 0 Å². The molecule has 0 spiro atoms. The second-order valence-corrected chi connectivity index (χ2v) is 4.59. The van der Waals surface area contributed by atoms with Crippen molar-refractivity contribution in [3.05, 3.63) is 89.0 Å². The minimum Gasteiger partial charge on any atom is -0.486 e. The fraction of sp³-hybridized carbons (Fsp3) is 0.150. The number of ether oxygens (including phenoxy) is 2. The Hall–Kier alpha value is -3.01. The van der Waals surface area contributed by atoms with Gasteiger partial charge in [0.2, 0.25) is 11.2 Å². The highest BCUT2D eigenvalue weighted by atomic mass is 16.5. The van der Waals surface area contributed by atoms with Crippen molar-refractivity contribution in [1.29, 1.82) is 0 Å². The molecular formula is C20H20O4. The lowest BCUT2D eigenvalue weighted by molar-refractivity contribution is 0.264. The van der Waals surface area contributed by atoms with Gasteiger partial charge in [0.15, 0.2) is 0 Å². The summed E-state index contributed by atoms with van der Waals surface area (Å²) in [5, 5.41) is 0. The van der Waals surface area contributed by atoms with Gasteiger partial charge in [-0.2, -0.15) is 0 Å². The molecule has 3 aromatic rings. The number of hydrogen-bond donors (Lipinski definition) is 0. The molecule has 0 bridgehead atoms. The molecule has 0 unspecified atom stereocenters. The Balaban J connectivity index is 0.00000100. The molecule has 0 radical (unpaired) electrons. The van der Waals surface area contributed by atoms with Crippen LogP contribution in [0.5, 0.6) is 17.2 Å². The van der Waals surface area contributed by atoms with Gasteiger partial charge in [-0.25, -0.2) is 0 Å². The van der Waals surface area contributed by atoms with E-state index in [4.69, 9.17) is 13.9 Å². The SMILES string of the molecule is CC.O=c1cc(COc2ccccc2)occ1Oc1ccccc1. The first-order valence-corrected chi connectivity index (χ1v) is 7.84. The van der Waals surface area contributed by atoms with E-state index in [1.807, 2.05) is 62.4 Å². The smallest absolute Gasteiger partial charge is 0.227 e. The second-order valence-electron chi connectivity index (χ2n) is 4.59. The van der Waals surface area contributed by atoms with Crippen LogP contribution in [0.1, 0.15) is 19.6 Å². The Kier molecular flexibility index (Phi) is 6.65. The van der Waals surface area contributed by atoms with Crippen LogP contribution in [-0.4, -0.2) is 0 Å². The highest BCUT2D eigenvalue weighted by Crippen LogP contribution is 2.18. The van der Waals surface area contributed by atoms with Crippen LogP contribution in [-0.2, 0) is 6.61 Å². The third kappa shape index (κ3) is 5.02. The number of hydrogen-bond acceptors (Lipinski definition) is 4. The molecule has 0 saturated carbocycles. The van der Waals surface area contributed by atoms with Crippen molar-refractivity contribution < 1.29 is 13.9 Å². The summed E-state index contributed by atoms with van der Waals surface area (Å²) in [5.74, 6) is 1.89. The minimum absolute atomic E-state index is 0.148. The molecular weight excluding hydrogens is 304 g/mol. The van der Waals surface area contributed by atoms with E-state index in [0.29, 0.717) is 11.5 Å². The topological polar surface area (TPSA) is 48.7 Å². The van der Waals surface area contributed by atoms with Crippen LogP contribution in [0.4, 0.5) is 0 Å². The molecule has 2 aromatic carbocycles. The van der Waals surface area contributed by atoms with Crippen molar-refractivity contribution >= 4 is 0 Å². The van der Waals surface area contributed by atoms with E-state index < -0.39 is 0 Å². The molecule has 0 amide bonds. The van der Waals surface area contributed by atoms with Gasteiger partial charge in [0, 0.05) is 6.07 Å². The van der Waals surface area contributed by atoms with E-state index in [0.717, 1.165) is 5.75 Å². The largest absolute Gasteiger partial charge is 0.486 e. The van der Waals surface area contributed by atoms with Crippen molar-refractivity contribution in [3.8, 4) is 17.2 Å². The highest BCUT2D eigenvalue weighted by molar-refractivity contribution is 5.29. The summed E-state index contributed by atoms with van der Waals surface area (Å²) >= 11 is 0. The average Bonchev–Trinajstić information content (AvgIpc) is 2.65. The molecule has 3 rings (SSSR count). The molecule has 0 aliphatic rings. The summed E-state index contributed by atoms with van der Waals surface area (Å²) in [4.78, 5) is 12.0. The van der Waals surface area contributed by atoms with Crippen LogP contribution in [0, 0.1) is 0 Å². The molecule has 0 aliphatic carbocycles. The average molecular weight is 324 g/mol. The van der Waals surface area contributed by atoms with Gasteiger partial charge >= 0.3 is 0 Å². The monoisotopic (exact) mass is 324 g/mol. The summed E-state index contributed by atoms with van der Waals surface area (Å²) in [7, 11) is 0. The third-order valence-corrected chi connectivity index (χ3v) is 2.95. The summed E-state index contributed by atoms with van der Waals surface area (Å²) in [6.45, 7) is 4.19. The zero-order chi connectivity index (χ0) is 17.2. The first kappa shape index (κ1) is 17.3. The minimum atomic E-state index is -0.248. The number of rotatable bonds is 5. The molecule has 0 aliphatic heterocycles. The third-order valence-electron chi connectivity index (χ3n) is 2.95. The molecule has 24 heavy (non-hydrogen) atoms.